The average molecular weight is 372 g/mol. The number of urea groups is 1. The molecule has 0 spiro atoms. The number of nitrogens with zero attached hydrogens (tertiary/aromatic N) is 2. The van der Waals surface area contributed by atoms with Crippen molar-refractivity contribution in [3.05, 3.63) is 70.9 Å². The van der Waals surface area contributed by atoms with Crippen molar-refractivity contribution < 1.29 is 9.72 Å². The lowest BCUT2D eigenvalue weighted by molar-refractivity contribution is -0.380. The van der Waals surface area contributed by atoms with Crippen molar-refractivity contribution in [2.75, 3.05) is 10.6 Å². The fourth-order valence-electron chi connectivity index (χ4n) is 1.94. The highest BCUT2D eigenvalue weighted by atomic mass is 32.2. The fraction of sp³-hybridized carbons (Fsp3) is 0. The molecule has 3 rings (SSSR count). The molecule has 0 aliphatic heterocycles. The third-order valence-electron chi connectivity index (χ3n) is 3.02. The van der Waals surface area contributed by atoms with E-state index < -0.39 is 4.92 Å². The van der Waals surface area contributed by atoms with E-state index in [9.17, 15) is 14.9 Å². The highest BCUT2D eigenvalue weighted by molar-refractivity contribution is 8.01. The van der Waals surface area contributed by atoms with Gasteiger partial charge in [-0.05, 0) is 35.6 Å². The molecule has 0 aliphatic carbocycles. The summed E-state index contributed by atoms with van der Waals surface area (Å²) in [4.78, 5) is 27.2. The number of benzene rings is 2. The minimum absolute atomic E-state index is 0.0187. The van der Waals surface area contributed by atoms with E-state index in [1.54, 1.807) is 24.3 Å². The van der Waals surface area contributed by atoms with Crippen LogP contribution < -0.4 is 10.6 Å². The fourth-order valence-corrected chi connectivity index (χ4v) is 3.77. The highest BCUT2D eigenvalue weighted by Gasteiger charge is 2.14. The number of aromatic nitrogens is 1. The minimum Gasteiger partial charge on any atom is -0.308 e. The number of thiazole rings is 1. The van der Waals surface area contributed by atoms with Crippen LogP contribution in [0.1, 0.15) is 0 Å². The third-order valence-corrected chi connectivity index (χ3v) is 5.12. The second-order valence-corrected chi connectivity index (χ2v) is 7.06. The molecular weight excluding hydrogens is 360 g/mol. The molecule has 0 bridgehead atoms. The molecular formula is C16H12N4O3S2. The van der Waals surface area contributed by atoms with Crippen LogP contribution in [0.25, 0.3) is 0 Å². The van der Waals surface area contributed by atoms with E-state index in [0.717, 1.165) is 16.2 Å². The second kappa shape index (κ2) is 7.77. The van der Waals surface area contributed by atoms with E-state index in [1.165, 1.54) is 18.0 Å². The zero-order valence-electron chi connectivity index (χ0n) is 12.7. The number of amides is 2. The lowest BCUT2D eigenvalue weighted by atomic mass is 10.3. The summed E-state index contributed by atoms with van der Waals surface area (Å²) >= 11 is 2.25. The monoisotopic (exact) mass is 372 g/mol. The number of para-hydroxylation sites is 2. The lowest BCUT2D eigenvalue weighted by Gasteiger charge is -2.10. The van der Waals surface area contributed by atoms with Crippen molar-refractivity contribution in [2.45, 2.75) is 9.24 Å². The number of carbonyl (C=O) groups is 1. The first-order valence-corrected chi connectivity index (χ1v) is 8.75. The van der Waals surface area contributed by atoms with E-state index in [-0.39, 0.29) is 11.0 Å². The van der Waals surface area contributed by atoms with Gasteiger partial charge in [0.1, 0.15) is 6.20 Å². The number of anilines is 2. The second-order valence-electron chi connectivity index (χ2n) is 4.76. The van der Waals surface area contributed by atoms with Gasteiger partial charge in [-0.2, -0.15) is 0 Å². The van der Waals surface area contributed by atoms with Crippen molar-refractivity contribution in [1.29, 1.82) is 0 Å². The summed E-state index contributed by atoms with van der Waals surface area (Å²) in [5.41, 5.74) is 1.28. The van der Waals surface area contributed by atoms with Gasteiger partial charge in [0, 0.05) is 10.6 Å². The van der Waals surface area contributed by atoms with Crippen LogP contribution in [0, 0.1) is 10.1 Å². The first kappa shape index (κ1) is 16.9. The summed E-state index contributed by atoms with van der Waals surface area (Å²) in [5, 5.41) is 16.3. The Hall–Kier alpha value is -2.91. The molecule has 0 fully saturated rings. The van der Waals surface area contributed by atoms with E-state index in [0.29, 0.717) is 15.7 Å². The molecule has 0 unspecified atom stereocenters. The molecule has 3 aromatic rings. The molecule has 126 valence electrons. The van der Waals surface area contributed by atoms with Gasteiger partial charge < -0.3 is 10.6 Å². The maximum atomic E-state index is 12.1. The summed E-state index contributed by atoms with van der Waals surface area (Å²) in [6, 6.07) is 15.9. The van der Waals surface area contributed by atoms with E-state index >= 15 is 0 Å². The molecule has 0 atom stereocenters. The maximum absolute atomic E-state index is 12.1. The van der Waals surface area contributed by atoms with Gasteiger partial charge in [0.25, 0.3) is 0 Å². The Morgan fingerprint density at radius 2 is 1.80 bits per heavy atom. The van der Waals surface area contributed by atoms with Gasteiger partial charge in [0.15, 0.2) is 4.34 Å². The minimum atomic E-state index is -0.473. The summed E-state index contributed by atoms with van der Waals surface area (Å²) in [7, 11) is 0. The van der Waals surface area contributed by atoms with Crippen molar-refractivity contribution in [1.82, 2.24) is 4.98 Å². The zero-order chi connectivity index (χ0) is 17.6. The van der Waals surface area contributed by atoms with Gasteiger partial charge in [-0.15, -0.1) is 0 Å². The molecule has 0 saturated heterocycles. The Kier molecular flexibility index (Phi) is 5.26. The molecule has 0 saturated carbocycles. The lowest BCUT2D eigenvalue weighted by Crippen LogP contribution is -2.19. The predicted octanol–water partition coefficient (Wildman–Crippen LogP) is 4.85. The molecule has 25 heavy (non-hydrogen) atoms. The number of rotatable bonds is 5. The summed E-state index contributed by atoms with van der Waals surface area (Å²) in [5.74, 6) is 0. The largest absolute Gasteiger partial charge is 0.344 e. The average Bonchev–Trinajstić information content (AvgIpc) is 3.06. The molecule has 9 heteroatoms. The van der Waals surface area contributed by atoms with Crippen LogP contribution in [0.4, 0.5) is 21.2 Å². The van der Waals surface area contributed by atoms with Crippen molar-refractivity contribution in [3.8, 4) is 0 Å². The quantitative estimate of drug-likeness (QED) is 0.493. The normalized spacial score (nSPS) is 10.2. The number of nitrogens with one attached hydrogen (secondary N) is 2. The number of hydrogen-bond donors (Lipinski definition) is 2. The molecule has 1 heterocycles. The van der Waals surface area contributed by atoms with Crippen LogP contribution in [0.15, 0.2) is 70.0 Å². The standard InChI is InChI=1S/C16H12N4O3S2/c21-15(18-11-6-2-1-3-7-11)19-12-8-4-5-9-13(12)24-16-17-10-14(25-16)20(22)23/h1-10H,(H2,18,19,21). The molecule has 0 aliphatic rings. The van der Waals surface area contributed by atoms with Crippen LogP contribution in [0.5, 0.6) is 0 Å². The molecule has 2 aromatic carbocycles. The van der Waals surface area contributed by atoms with Gasteiger partial charge in [-0.3, -0.25) is 10.1 Å². The summed E-state index contributed by atoms with van der Waals surface area (Å²) in [6.07, 6.45) is 1.23. The van der Waals surface area contributed by atoms with Crippen LogP contribution in [-0.4, -0.2) is 15.9 Å². The Bertz CT molecular complexity index is 899. The zero-order valence-corrected chi connectivity index (χ0v) is 14.3. The van der Waals surface area contributed by atoms with Crippen molar-refractivity contribution >= 4 is 45.5 Å². The van der Waals surface area contributed by atoms with E-state index in [1.807, 2.05) is 30.3 Å². The maximum Gasteiger partial charge on any atom is 0.344 e. The van der Waals surface area contributed by atoms with Crippen LogP contribution in [0.2, 0.25) is 0 Å². The molecule has 0 radical (unpaired) electrons. The first-order valence-electron chi connectivity index (χ1n) is 7.12. The molecule has 2 amide bonds. The number of hydrogen-bond acceptors (Lipinski definition) is 6. The highest BCUT2D eigenvalue weighted by Crippen LogP contribution is 2.37. The smallest absolute Gasteiger partial charge is 0.308 e. The van der Waals surface area contributed by atoms with Crippen molar-refractivity contribution in [3.63, 3.8) is 0 Å². The number of nitro groups is 1. The van der Waals surface area contributed by atoms with Crippen LogP contribution >= 0.6 is 23.1 Å². The summed E-state index contributed by atoms with van der Waals surface area (Å²) < 4.78 is 0.532. The first-order chi connectivity index (χ1) is 12.1. The number of carbonyl (C=O) groups excluding carboxylic acids is 1. The third kappa shape index (κ3) is 4.55. The molecule has 2 N–H and O–H groups in total. The summed E-state index contributed by atoms with van der Waals surface area (Å²) in [6.45, 7) is 0. The van der Waals surface area contributed by atoms with Gasteiger partial charge in [-0.1, -0.05) is 42.1 Å². The van der Waals surface area contributed by atoms with Crippen molar-refractivity contribution in [2.24, 2.45) is 0 Å². The van der Waals surface area contributed by atoms with Crippen LogP contribution in [0.3, 0.4) is 0 Å². The van der Waals surface area contributed by atoms with E-state index in [2.05, 4.69) is 15.6 Å². The Balaban J connectivity index is 1.72. The Morgan fingerprint density at radius 3 is 2.52 bits per heavy atom. The molecule has 1 aromatic heterocycles. The van der Waals surface area contributed by atoms with E-state index in [4.69, 9.17) is 0 Å². The van der Waals surface area contributed by atoms with Gasteiger partial charge >= 0.3 is 11.0 Å². The topological polar surface area (TPSA) is 97.2 Å². The Morgan fingerprint density at radius 1 is 1.08 bits per heavy atom. The SMILES string of the molecule is O=C(Nc1ccccc1)Nc1ccccc1Sc1ncc([N+](=O)[O-])s1. The van der Waals surface area contributed by atoms with Gasteiger partial charge in [-0.25, -0.2) is 9.78 Å². The Labute approximate surface area is 151 Å². The van der Waals surface area contributed by atoms with Crippen LogP contribution in [-0.2, 0) is 0 Å². The van der Waals surface area contributed by atoms with Gasteiger partial charge in [0.2, 0.25) is 0 Å². The predicted molar refractivity (Wildman–Crippen MR) is 98.4 cm³/mol. The molecule has 7 nitrogen and oxygen atoms in total. The van der Waals surface area contributed by atoms with Gasteiger partial charge in [0.05, 0.1) is 10.6 Å².